The summed E-state index contributed by atoms with van der Waals surface area (Å²) in [6, 6.07) is 0. The van der Waals surface area contributed by atoms with Gasteiger partial charge in [0.2, 0.25) is 0 Å². The average Bonchev–Trinajstić information content (AvgIpc) is 2.04. The van der Waals surface area contributed by atoms with Crippen LogP contribution in [0.25, 0.3) is 0 Å². The molecule has 0 amide bonds. The van der Waals surface area contributed by atoms with Crippen molar-refractivity contribution < 1.29 is 9.59 Å². The molecule has 2 heteroatoms. The molecule has 16 heavy (non-hydrogen) atoms. The predicted octanol–water partition coefficient (Wildman–Crippen LogP) is 3.16. The minimum absolute atomic E-state index is 0.0875. The molecule has 0 heterocycles. The van der Waals surface area contributed by atoms with Gasteiger partial charge in [-0.1, -0.05) is 41.5 Å². The lowest BCUT2D eigenvalue weighted by Crippen LogP contribution is -2.37. The molecule has 1 unspecified atom stereocenters. The third-order valence-corrected chi connectivity index (χ3v) is 3.15. The number of hydrogen-bond donors (Lipinski definition) is 0. The predicted molar refractivity (Wildman–Crippen MR) is 65.1 cm³/mol. The van der Waals surface area contributed by atoms with Crippen LogP contribution < -0.4 is 0 Å². The van der Waals surface area contributed by atoms with Crippen molar-refractivity contribution in [1.82, 2.24) is 0 Å². The number of ketones is 2. The van der Waals surface area contributed by atoms with Gasteiger partial charge in [0.1, 0.15) is 0 Å². The van der Waals surface area contributed by atoms with Crippen molar-refractivity contribution in [1.29, 1.82) is 0 Å². The molecule has 0 saturated carbocycles. The zero-order valence-corrected chi connectivity index (χ0v) is 11.2. The van der Waals surface area contributed by atoms with E-state index in [0.29, 0.717) is 12.0 Å². The Bertz CT molecular complexity index is 348. The zero-order chi connectivity index (χ0) is 12.7. The van der Waals surface area contributed by atoms with E-state index >= 15 is 0 Å². The lowest BCUT2D eigenvalue weighted by molar-refractivity contribution is -0.129. The molecule has 1 aliphatic carbocycles. The summed E-state index contributed by atoms with van der Waals surface area (Å²) in [6.45, 7) is 12.0. The number of rotatable bonds is 0. The molecular weight excluding hydrogens is 200 g/mol. The number of Topliss-reactive ketones (excluding diaryl/α,β-unsaturated/α-hetero) is 1. The zero-order valence-electron chi connectivity index (χ0n) is 11.2. The van der Waals surface area contributed by atoms with Crippen molar-refractivity contribution in [2.75, 3.05) is 0 Å². The first-order valence-electron chi connectivity index (χ1n) is 5.82. The highest BCUT2D eigenvalue weighted by Crippen LogP contribution is 2.39. The van der Waals surface area contributed by atoms with Crippen molar-refractivity contribution >= 4 is 11.6 Å². The summed E-state index contributed by atoms with van der Waals surface area (Å²) in [4.78, 5) is 24.0. The smallest absolute Gasteiger partial charge is 0.163 e. The lowest BCUT2D eigenvalue weighted by Gasteiger charge is -2.35. The van der Waals surface area contributed by atoms with Gasteiger partial charge in [-0.25, -0.2) is 0 Å². The summed E-state index contributed by atoms with van der Waals surface area (Å²) in [5.41, 5.74) is 0.303. The van der Waals surface area contributed by atoms with E-state index in [1.54, 1.807) is 6.08 Å². The average molecular weight is 222 g/mol. The fourth-order valence-electron chi connectivity index (χ4n) is 2.06. The second-order valence-corrected chi connectivity index (χ2v) is 6.76. The van der Waals surface area contributed by atoms with E-state index in [0.717, 1.165) is 0 Å². The van der Waals surface area contributed by atoms with Gasteiger partial charge in [-0.15, -0.1) is 0 Å². The molecule has 0 aromatic heterocycles. The largest absolute Gasteiger partial charge is 0.295 e. The SMILES string of the molecule is CC(C)(C)C1=CC(=O)CC(C(C)(C)C)C1=O. The fraction of sp³-hybridized carbons (Fsp3) is 0.714. The highest BCUT2D eigenvalue weighted by molar-refractivity contribution is 6.10. The van der Waals surface area contributed by atoms with Gasteiger partial charge in [0, 0.05) is 17.9 Å². The Morgan fingerprint density at radius 2 is 1.56 bits per heavy atom. The second-order valence-electron chi connectivity index (χ2n) is 6.76. The van der Waals surface area contributed by atoms with Crippen molar-refractivity contribution in [2.45, 2.75) is 48.0 Å². The molecule has 1 atom stereocenters. The van der Waals surface area contributed by atoms with Crippen molar-refractivity contribution in [2.24, 2.45) is 16.7 Å². The minimum atomic E-state index is -0.239. The Balaban J connectivity index is 3.15. The molecule has 1 rings (SSSR count). The Labute approximate surface area is 98.1 Å². The first kappa shape index (κ1) is 13.1. The van der Waals surface area contributed by atoms with Crippen LogP contribution in [-0.2, 0) is 9.59 Å². The number of allylic oxidation sites excluding steroid dienone is 2. The molecule has 0 radical (unpaired) electrons. The van der Waals surface area contributed by atoms with E-state index in [9.17, 15) is 9.59 Å². The van der Waals surface area contributed by atoms with Gasteiger partial charge in [0.15, 0.2) is 11.6 Å². The third-order valence-electron chi connectivity index (χ3n) is 3.15. The molecule has 90 valence electrons. The van der Waals surface area contributed by atoms with E-state index in [-0.39, 0.29) is 28.3 Å². The maximum absolute atomic E-state index is 12.3. The molecule has 2 nitrogen and oxygen atoms in total. The van der Waals surface area contributed by atoms with Crippen LogP contribution in [0, 0.1) is 16.7 Å². The molecule has 0 bridgehead atoms. The topological polar surface area (TPSA) is 34.1 Å². The van der Waals surface area contributed by atoms with Crippen LogP contribution >= 0.6 is 0 Å². The van der Waals surface area contributed by atoms with Crippen molar-refractivity contribution in [3.63, 3.8) is 0 Å². The summed E-state index contributed by atoms with van der Waals surface area (Å²) in [6.07, 6.45) is 1.91. The fourth-order valence-corrected chi connectivity index (χ4v) is 2.06. The number of carbonyl (C=O) groups excluding carboxylic acids is 2. The normalized spacial score (nSPS) is 23.4. The van der Waals surface area contributed by atoms with E-state index in [2.05, 4.69) is 0 Å². The van der Waals surface area contributed by atoms with Crippen LogP contribution in [-0.4, -0.2) is 11.6 Å². The van der Waals surface area contributed by atoms with Crippen LogP contribution in [0.1, 0.15) is 48.0 Å². The van der Waals surface area contributed by atoms with Gasteiger partial charge >= 0.3 is 0 Å². The molecule has 0 aliphatic heterocycles. The van der Waals surface area contributed by atoms with Crippen LogP contribution in [0.4, 0.5) is 0 Å². The van der Waals surface area contributed by atoms with Gasteiger partial charge in [-0.3, -0.25) is 9.59 Å². The molecule has 0 N–H and O–H groups in total. The lowest BCUT2D eigenvalue weighted by atomic mass is 9.67. The molecule has 0 saturated heterocycles. The van der Waals surface area contributed by atoms with Gasteiger partial charge < -0.3 is 0 Å². The highest BCUT2D eigenvalue weighted by atomic mass is 16.1. The van der Waals surface area contributed by atoms with E-state index in [4.69, 9.17) is 0 Å². The Morgan fingerprint density at radius 3 is 1.94 bits per heavy atom. The van der Waals surface area contributed by atoms with Crippen molar-refractivity contribution in [3.8, 4) is 0 Å². The minimum Gasteiger partial charge on any atom is -0.295 e. The van der Waals surface area contributed by atoms with Crippen molar-refractivity contribution in [3.05, 3.63) is 11.6 Å². The summed E-state index contributed by atoms with van der Waals surface area (Å²) >= 11 is 0. The summed E-state index contributed by atoms with van der Waals surface area (Å²) in [7, 11) is 0. The van der Waals surface area contributed by atoms with E-state index in [1.165, 1.54) is 0 Å². The highest BCUT2D eigenvalue weighted by Gasteiger charge is 2.40. The molecule has 0 spiro atoms. The Morgan fingerprint density at radius 1 is 1.06 bits per heavy atom. The quantitative estimate of drug-likeness (QED) is 0.631. The molecule has 0 aromatic carbocycles. The summed E-state index contributed by atoms with van der Waals surface area (Å²) in [5, 5.41) is 0. The van der Waals surface area contributed by atoms with E-state index < -0.39 is 0 Å². The van der Waals surface area contributed by atoms with Crippen LogP contribution in [0.5, 0.6) is 0 Å². The Hall–Kier alpha value is -0.920. The number of carbonyl (C=O) groups is 2. The monoisotopic (exact) mass is 222 g/mol. The Kier molecular flexibility index (Phi) is 3.15. The summed E-state index contributed by atoms with van der Waals surface area (Å²) < 4.78 is 0. The maximum Gasteiger partial charge on any atom is 0.163 e. The second kappa shape index (κ2) is 3.83. The first-order chi connectivity index (χ1) is 7.03. The third kappa shape index (κ3) is 2.60. The standard InChI is InChI=1S/C14H22O2/c1-13(2,3)10-7-9(15)8-11(12(10)16)14(4,5)6/h7,11H,8H2,1-6H3. The molecule has 0 aromatic rings. The van der Waals surface area contributed by atoms with Gasteiger partial charge in [0.05, 0.1) is 0 Å². The van der Waals surface area contributed by atoms with Gasteiger partial charge in [-0.05, 0) is 16.9 Å². The van der Waals surface area contributed by atoms with Crippen LogP contribution in [0.3, 0.4) is 0 Å². The first-order valence-corrected chi connectivity index (χ1v) is 5.82. The van der Waals surface area contributed by atoms with Crippen LogP contribution in [0.2, 0.25) is 0 Å². The van der Waals surface area contributed by atoms with Gasteiger partial charge in [0.25, 0.3) is 0 Å². The molecular formula is C14H22O2. The number of hydrogen-bond acceptors (Lipinski definition) is 2. The molecule has 1 aliphatic rings. The van der Waals surface area contributed by atoms with Gasteiger partial charge in [-0.2, -0.15) is 0 Å². The maximum atomic E-state index is 12.3. The van der Waals surface area contributed by atoms with E-state index in [1.807, 2.05) is 41.5 Å². The van der Waals surface area contributed by atoms with Crippen LogP contribution in [0.15, 0.2) is 11.6 Å². The summed E-state index contributed by atoms with van der Waals surface area (Å²) in [5.74, 6) is 0.0725. The molecule has 0 fully saturated rings.